The zero-order valence-corrected chi connectivity index (χ0v) is 11.2. The summed E-state index contributed by atoms with van der Waals surface area (Å²) >= 11 is 0. The fourth-order valence-electron chi connectivity index (χ4n) is 2.40. The molecule has 1 fully saturated rings. The summed E-state index contributed by atoms with van der Waals surface area (Å²) in [6.45, 7) is 1.17. The van der Waals surface area contributed by atoms with Gasteiger partial charge in [0.1, 0.15) is 6.26 Å². The first kappa shape index (κ1) is 12.9. The van der Waals surface area contributed by atoms with Gasteiger partial charge in [-0.05, 0) is 37.1 Å². The molecule has 0 unspecified atom stereocenters. The van der Waals surface area contributed by atoms with E-state index in [0.29, 0.717) is 18.9 Å². The van der Waals surface area contributed by atoms with Crippen LogP contribution in [0.1, 0.15) is 25.0 Å². The van der Waals surface area contributed by atoms with Crippen molar-refractivity contribution in [1.82, 2.24) is 4.98 Å². The summed E-state index contributed by atoms with van der Waals surface area (Å²) in [5.41, 5.74) is 8.06. The van der Waals surface area contributed by atoms with E-state index in [1.165, 1.54) is 0 Å². The zero-order valence-electron chi connectivity index (χ0n) is 11.2. The number of oxazole rings is 1. The fraction of sp³-hybridized carbons (Fsp3) is 0.333. The van der Waals surface area contributed by atoms with Crippen molar-refractivity contribution in [2.24, 2.45) is 5.73 Å². The van der Waals surface area contributed by atoms with Crippen LogP contribution in [0.2, 0.25) is 0 Å². The lowest BCUT2D eigenvalue weighted by Crippen LogP contribution is -2.35. The third kappa shape index (κ3) is 2.44. The van der Waals surface area contributed by atoms with Crippen LogP contribution in [0.5, 0.6) is 0 Å². The Balaban J connectivity index is 1.82. The number of amides is 1. The number of hydrogen-bond acceptors (Lipinski definition) is 4. The highest BCUT2D eigenvalue weighted by Gasteiger charge is 2.19. The van der Waals surface area contributed by atoms with Gasteiger partial charge >= 0.3 is 0 Å². The summed E-state index contributed by atoms with van der Waals surface area (Å²) < 4.78 is 5.38. The molecule has 0 saturated carbocycles. The highest BCUT2D eigenvalue weighted by atomic mass is 16.3. The molecule has 1 saturated heterocycles. The minimum Gasteiger partial charge on any atom is -0.444 e. The molecule has 2 heterocycles. The number of piperidine rings is 1. The van der Waals surface area contributed by atoms with Crippen LogP contribution in [-0.2, 0) is 11.3 Å². The summed E-state index contributed by atoms with van der Waals surface area (Å²) in [5, 5.41) is 0. The number of carbonyl (C=O) groups excluding carboxylic acids is 1. The van der Waals surface area contributed by atoms with E-state index in [1.54, 1.807) is 6.26 Å². The number of rotatable bonds is 3. The summed E-state index contributed by atoms with van der Waals surface area (Å²) in [4.78, 5) is 18.0. The second-order valence-electron chi connectivity index (χ2n) is 4.90. The van der Waals surface area contributed by atoms with E-state index in [2.05, 4.69) is 4.98 Å². The average Bonchev–Trinajstić information content (AvgIpc) is 2.97. The van der Waals surface area contributed by atoms with Gasteiger partial charge in [-0.1, -0.05) is 0 Å². The van der Waals surface area contributed by atoms with E-state index < -0.39 is 0 Å². The van der Waals surface area contributed by atoms with Crippen LogP contribution >= 0.6 is 0 Å². The van der Waals surface area contributed by atoms with Crippen molar-refractivity contribution >= 4 is 11.6 Å². The van der Waals surface area contributed by atoms with Crippen molar-refractivity contribution in [2.75, 3.05) is 11.4 Å². The first-order chi connectivity index (χ1) is 9.78. The van der Waals surface area contributed by atoms with E-state index in [1.807, 2.05) is 29.2 Å². The van der Waals surface area contributed by atoms with Crippen LogP contribution in [0, 0.1) is 0 Å². The van der Waals surface area contributed by atoms with E-state index in [4.69, 9.17) is 10.2 Å². The van der Waals surface area contributed by atoms with Crippen LogP contribution in [0.15, 0.2) is 34.9 Å². The molecular weight excluding hydrogens is 254 g/mol. The third-order valence-corrected chi connectivity index (χ3v) is 3.51. The highest BCUT2D eigenvalue weighted by molar-refractivity contribution is 5.94. The van der Waals surface area contributed by atoms with Gasteiger partial charge < -0.3 is 15.1 Å². The van der Waals surface area contributed by atoms with Gasteiger partial charge in [-0.2, -0.15) is 0 Å². The Morgan fingerprint density at radius 2 is 2.05 bits per heavy atom. The van der Waals surface area contributed by atoms with Crippen molar-refractivity contribution in [1.29, 1.82) is 0 Å². The molecule has 5 nitrogen and oxygen atoms in total. The average molecular weight is 271 g/mol. The smallest absolute Gasteiger partial charge is 0.226 e. The van der Waals surface area contributed by atoms with Gasteiger partial charge in [-0.25, -0.2) is 4.98 Å². The second kappa shape index (κ2) is 5.46. The fourth-order valence-corrected chi connectivity index (χ4v) is 2.40. The molecule has 1 aliphatic heterocycles. The van der Waals surface area contributed by atoms with Crippen LogP contribution in [0.3, 0.4) is 0 Å². The van der Waals surface area contributed by atoms with Crippen molar-refractivity contribution in [2.45, 2.75) is 25.8 Å². The maximum Gasteiger partial charge on any atom is 0.226 e. The Labute approximate surface area is 117 Å². The topological polar surface area (TPSA) is 72.4 Å². The predicted molar refractivity (Wildman–Crippen MR) is 76.0 cm³/mol. The summed E-state index contributed by atoms with van der Waals surface area (Å²) in [5.74, 6) is 0.757. The quantitative estimate of drug-likeness (QED) is 0.929. The molecule has 1 aromatic carbocycles. The molecule has 0 bridgehead atoms. The number of nitrogens with zero attached hydrogens (tertiary/aromatic N) is 2. The molecule has 0 atom stereocenters. The van der Waals surface area contributed by atoms with Gasteiger partial charge in [-0.3, -0.25) is 4.79 Å². The summed E-state index contributed by atoms with van der Waals surface area (Å²) in [7, 11) is 0. The van der Waals surface area contributed by atoms with Gasteiger partial charge in [0.15, 0.2) is 0 Å². The molecule has 5 heteroatoms. The van der Waals surface area contributed by atoms with Crippen LogP contribution in [-0.4, -0.2) is 17.4 Å². The molecule has 0 radical (unpaired) electrons. The highest BCUT2D eigenvalue weighted by Crippen LogP contribution is 2.25. The maximum absolute atomic E-state index is 11.9. The minimum atomic E-state index is 0.200. The minimum absolute atomic E-state index is 0.200. The molecule has 2 aromatic rings. The lowest BCUT2D eigenvalue weighted by Gasteiger charge is -2.26. The zero-order chi connectivity index (χ0) is 13.9. The molecule has 2 N–H and O–H groups in total. The molecule has 3 rings (SSSR count). The largest absolute Gasteiger partial charge is 0.444 e. The number of anilines is 1. The van der Waals surface area contributed by atoms with Crippen LogP contribution < -0.4 is 10.6 Å². The second-order valence-corrected chi connectivity index (χ2v) is 4.90. The van der Waals surface area contributed by atoms with Crippen LogP contribution in [0.25, 0.3) is 11.5 Å². The third-order valence-electron chi connectivity index (χ3n) is 3.51. The molecule has 1 amide bonds. The Morgan fingerprint density at radius 3 is 2.70 bits per heavy atom. The Hall–Kier alpha value is -2.14. The number of carbonyl (C=O) groups is 1. The summed E-state index contributed by atoms with van der Waals surface area (Å²) in [6, 6.07) is 7.71. The van der Waals surface area contributed by atoms with Gasteiger partial charge in [0.05, 0.1) is 5.69 Å². The van der Waals surface area contributed by atoms with E-state index in [9.17, 15) is 4.79 Å². The SMILES string of the molecule is NCc1coc(-c2ccc(N3CCCCC3=O)cc2)n1. The number of nitrogens with two attached hydrogens (primary N) is 1. The number of benzene rings is 1. The van der Waals surface area contributed by atoms with Crippen molar-refractivity contribution in [3.63, 3.8) is 0 Å². The number of aromatic nitrogens is 1. The van der Waals surface area contributed by atoms with Gasteiger partial charge in [0, 0.05) is 30.8 Å². The molecule has 0 aliphatic carbocycles. The van der Waals surface area contributed by atoms with E-state index in [-0.39, 0.29) is 5.91 Å². The number of hydrogen-bond donors (Lipinski definition) is 1. The first-order valence-electron chi connectivity index (χ1n) is 6.83. The van der Waals surface area contributed by atoms with Crippen molar-refractivity contribution in [3.8, 4) is 11.5 Å². The molecule has 20 heavy (non-hydrogen) atoms. The van der Waals surface area contributed by atoms with Gasteiger partial charge in [0.25, 0.3) is 0 Å². The van der Waals surface area contributed by atoms with E-state index >= 15 is 0 Å². The molecule has 0 spiro atoms. The summed E-state index contributed by atoms with van der Waals surface area (Å²) in [6.07, 6.45) is 4.26. The lowest BCUT2D eigenvalue weighted by atomic mass is 10.1. The normalized spacial score (nSPS) is 15.7. The molecule has 1 aromatic heterocycles. The van der Waals surface area contributed by atoms with Crippen molar-refractivity contribution in [3.05, 3.63) is 36.2 Å². The Kier molecular flexibility index (Phi) is 3.52. The van der Waals surface area contributed by atoms with Crippen LogP contribution in [0.4, 0.5) is 5.69 Å². The molecule has 1 aliphatic rings. The van der Waals surface area contributed by atoms with E-state index in [0.717, 1.165) is 36.3 Å². The molecule has 104 valence electrons. The Morgan fingerprint density at radius 1 is 1.25 bits per heavy atom. The monoisotopic (exact) mass is 271 g/mol. The predicted octanol–water partition coefficient (Wildman–Crippen LogP) is 2.32. The molecular formula is C15H17N3O2. The maximum atomic E-state index is 11.9. The van der Waals surface area contributed by atoms with Gasteiger partial charge in [0.2, 0.25) is 11.8 Å². The van der Waals surface area contributed by atoms with Gasteiger partial charge in [-0.15, -0.1) is 0 Å². The Bertz CT molecular complexity index is 604. The lowest BCUT2D eigenvalue weighted by molar-refractivity contribution is -0.119. The van der Waals surface area contributed by atoms with Crippen molar-refractivity contribution < 1.29 is 9.21 Å². The standard InChI is InChI=1S/C15H17N3O2/c16-9-12-10-20-15(17-12)11-4-6-13(7-5-11)18-8-2-1-3-14(18)19/h4-7,10H,1-3,8-9,16H2. The first-order valence-corrected chi connectivity index (χ1v) is 6.83.